The number of pyridine rings is 1. The SMILES string of the molecule is Cc1ccnc(Cn2c(-c3ccc(C(=O)N4CCC(F)CC4)cc3Cl)nc3c(OC4(C)CC4)ncnc32)c1. The van der Waals surface area contributed by atoms with Gasteiger partial charge < -0.3 is 14.2 Å². The molecule has 4 heterocycles. The summed E-state index contributed by atoms with van der Waals surface area (Å²) in [5, 5.41) is 0.384. The third-order valence-corrected chi connectivity index (χ3v) is 7.57. The summed E-state index contributed by atoms with van der Waals surface area (Å²) in [6, 6.07) is 9.17. The lowest BCUT2D eigenvalue weighted by atomic mass is 10.1. The van der Waals surface area contributed by atoms with Crippen molar-refractivity contribution in [2.24, 2.45) is 0 Å². The molecule has 0 atom stereocenters. The van der Waals surface area contributed by atoms with Crippen molar-refractivity contribution in [3.05, 3.63) is 64.7 Å². The van der Waals surface area contributed by atoms with E-state index in [9.17, 15) is 9.18 Å². The Kier molecular flexibility index (Phi) is 6.26. The van der Waals surface area contributed by atoms with Crippen LogP contribution in [0.15, 0.2) is 42.9 Å². The van der Waals surface area contributed by atoms with Crippen molar-refractivity contribution >= 4 is 28.7 Å². The molecule has 8 nitrogen and oxygen atoms in total. The first-order valence-electron chi connectivity index (χ1n) is 12.8. The molecule has 2 fully saturated rings. The summed E-state index contributed by atoms with van der Waals surface area (Å²) in [5.41, 5.74) is 3.99. The van der Waals surface area contributed by atoms with Gasteiger partial charge in [-0.2, -0.15) is 4.98 Å². The summed E-state index contributed by atoms with van der Waals surface area (Å²) >= 11 is 6.79. The predicted octanol–water partition coefficient (Wildman–Crippen LogP) is 5.40. The summed E-state index contributed by atoms with van der Waals surface area (Å²) in [4.78, 5) is 33.1. The van der Waals surface area contributed by atoms with Gasteiger partial charge >= 0.3 is 0 Å². The van der Waals surface area contributed by atoms with Crippen LogP contribution in [0.3, 0.4) is 0 Å². The van der Waals surface area contributed by atoms with E-state index in [1.54, 1.807) is 29.3 Å². The first-order valence-corrected chi connectivity index (χ1v) is 13.2. The second-order valence-corrected chi connectivity index (χ2v) is 10.8. The predicted molar refractivity (Wildman–Crippen MR) is 142 cm³/mol. The van der Waals surface area contributed by atoms with Gasteiger partial charge in [0.1, 0.15) is 23.9 Å². The number of amides is 1. The largest absolute Gasteiger partial charge is 0.470 e. The van der Waals surface area contributed by atoms with Crippen molar-refractivity contribution in [1.82, 2.24) is 29.4 Å². The number of carbonyl (C=O) groups excluding carboxylic acids is 1. The molecule has 0 bridgehead atoms. The average molecular weight is 535 g/mol. The molecule has 0 unspecified atom stereocenters. The van der Waals surface area contributed by atoms with E-state index in [2.05, 4.69) is 21.9 Å². The minimum Gasteiger partial charge on any atom is -0.470 e. The van der Waals surface area contributed by atoms with Crippen LogP contribution >= 0.6 is 11.6 Å². The Labute approximate surface area is 224 Å². The van der Waals surface area contributed by atoms with Crippen molar-refractivity contribution in [1.29, 1.82) is 0 Å². The Morgan fingerprint density at radius 3 is 2.66 bits per heavy atom. The lowest BCUT2D eigenvalue weighted by molar-refractivity contribution is 0.0667. The van der Waals surface area contributed by atoms with E-state index in [1.807, 2.05) is 23.6 Å². The molecule has 1 saturated carbocycles. The van der Waals surface area contributed by atoms with Crippen molar-refractivity contribution in [3.8, 4) is 17.3 Å². The highest BCUT2D eigenvalue weighted by atomic mass is 35.5. The minimum atomic E-state index is -0.847. The van der Waals surface area contributed by atoms with Crippen LogP contribution in [0.1, 0.15) is 54.2 Å². The highest BCUT2D eigenvalue weighted by Gasteiger charge is 2.41. The Morgan fingerprint density at radius 2 is 1.95 bits per heavy atom. The molecular weight excluding hydrogens is 507 g/mol. The number of hydrogen-bond donors (Lipinski definition) is 0. The summed E-state index contributed by atoms with van der Waals surface area (Å²) < 4.78 is 21.7. The zero-order chi connectivity index (χ0) is 26.4. The normalized spacial score (nSPS) is 17.1. The number of hydrogen-bond acceptors (Lipinski definition) is 6. The van der Waals surface area contributed by atoms with Gasteiger partial charge in [-0.05, 0) is 75.4 Å². The number of aromatic nitrogens is 5. The van der Waals surface area contributed by atoms with E-state index in [-0.39, 0.29) is 11.5 Å². The number of piperidine rings is 1. The van der Waals surface area contributed by atoms with E-state index < -0.39 is 6.17 Å². The zero-order valence-corrected chi connectivity index (χ0v) is 22.1. The molecular formula is C28H28ClFN6O2. The molecule has 6 rings (SSSR count). The molecule has 38 heavy (non-hydrogen) atoms. The average Bonchev–Trinajstić information content (AvgIpc) is 3.52. The molecule has 1 aliphatic carbocycles. The highest BCUT2D eigenvalue weighted by Crippen LogP contribution is 2.41. The summed E-state index contributed by atoms with van der Waals surface area (Å²) in [5.74, 6) is 0.866. The van der Waals surface area contributed by atoms with Crippen LogP contribution < -0.4 is 4.74 Å². The second-order valence-electron chi connectivity index (χ2n) is 10.4. The fraction of sp³-hybridized carbons (Fsp3) is 0.393. The number of imidazole rings is 1. The maximum absolute atomic E-state index is 13.6. The number of likely N-dealkylation sites (tertiary alicyclic amines) is 1. The number of benzene rings is 1. The number of nitrogens with zero attached hydrogens (tertiary/aromatic N) is 6. The first kappa shape index (κ1) is 24.7. The van der Waals surface area contributed by atoms with Gasteiger partial charge in [-0.1, -0.05) is 11.6 Å². The second kappa shape index (κ2) is 9.62. The van der Waals surface area contributed by atoms with Crippen LogP contribution in [0.25, 0.3) is 22.6 Å². The van der Waals surface area contributed by atoms with E-state index in [4.69, 9.17) is 21.3 Å². The molecule has 1 aliphatic heterocycles. The summed E-state index contributed by atoms with van der Waals surface area (Å²) in [7, 11) is 0. The van der Waals surface area contributed by atoms with Crippen LogP contribution in [0.5, 0.6) is 5.88 Å². The lowest BCUT2D eigenvalue weighted by Crippen LogP contribution is -2.39. The highest BCUT2D eigenvalue weighted by molar-refractivity contribution is 6.33. The Hall–Kier alpha value is -3.59. The van der Waals surface area contributed by atoms with Crippen LogP contribution in [0.2, 0.25) is 5.02 Å². The third kappa shape index (κ3) is 4.82. The van der Waals surface area contributed by atoms with E-state index >= 15 is 0 Å². The van der Waals surface area contributed by atoms with Crippen LogP contribution in [-0.4, -0.2) is 60.2 Å². The van der Waals surface area contributed by atoms with Gasteiger partial charge in [0.05, 0.1) is 17.3 Å². The molecule has 3 aromatic heterocycles. The standard InChI is InChI=1S/C28H28ClFN6O2/c1-17-5-10-31-20(13-17)15-36-24(34-23-25(36)32-16-33-26(23)38-28(2)8-9-28)21-4-3-18(14-22(21)29)27(37)35-11-6-19(30)7-12-35/h3-5,10,13-14,16,19H,6-9,11-12,15H2,1-2H3. The third-order valence-electron chi connectivity index (χ3n) is 7.26. The lowest BCUT2D eigenvalue weighted by Gasteiger charge is -2.28. The Balaban J connectivity index is 1.41. The molecule has 1 saturated heterocycles. The molecule has 0 spiro atoms. The van der Waals surface area contributed by atoms with Gasteiger partial charge in [-0.25, -0.2) is 14.4 Å². The molecule has 1 aromatic carbocycles. The zero-order valence-electron chi connectivity index (χ0n) is 21.3. The number of ether oxygens (including phenoxy) is 1. The Bertz CT molecular complexity index is 1530. The van der Waals surface area contributed by atoms with Crippen molar-refractivity contribution < 1.29 is 13.9 Å². The fourth-order valence-electron chi connectivity index (χ4n) is 4.77. The van der Waals surface area contributed by atoms with Crippen molar-refractivity contribution in [3.63, 3.8) is 0 Å². The molecule has 4 aromatic rings. The van der Waals surface area contributed by atoms with E-state index in [1.165, 1.54) is 6.33 Å². The molecule has 1 amide bonds. The van der Waals surface area contributed by atoms with E-state index in [0.717, 1.165) is 24.1 Å². The monoisotopic (exact) mass is 534 g/mol. The molecule has 2 aliphatic rings. The summed E-state index contributed by atoms with van der Waals surface area (Å²) in [6.07, 6.45) is 5.06. The molecule has 196 valence electrons. The van der Waals surface area contributed by atoms with Gasteiger partial charge in [0.25, 0.3) is 5.91 Å². The number of alkyl halides is 1. The Morgan fingerprint density at radius 1 is 1.16 bits per heavy atom. The maximum atomic E-state index is 13.6. The van der Waals surface area contributed by atoms with Gasteiger partial charge in [0.15, 0.2) is 11.2 Å². The van der Waals surface area contributed by atoms with Crippen LogP contribution in [-0.2, 0) is 6.54 Å². The quantitative estimate of drug-likeness (QED) is 0.329. The topological polar surface area (TPSA) is 86.0 Å². The van der Waals surface area contributed by atoms with Gasteiger partial charge in [-0.15, -0.1) is 0 Å². The smallest absolute Gasteiger partial charge is 0.253 e. The minimum absolute atomic E-state index is 0.151. The van der Waals surface area contributed by atoms with Crippen molar-refractivity contribution in [2.75, 3.05) is 13.1 Å². The number of carbonyl (C=O) groups is 1. The first-order chi connectivity index (χ1) is 18.3. The molecule has 0 N–H and O–H groups in total. The number of aryl methyl sites for hydroxylation is 1. The number of fused-ring (bicyclic) bond motifs is 1. The summed E-state index contributed by atoms with van der Waals surface area (Å²) in [6.45, 7) is 5.29. The van der Waals surface area contributed by atoms with Gasteiger partial charge in [-0.3, -0.25) is 9.78 Å². The van der Waals surface area contributed by atoms with Gasteiger partial charge in [0, 0.05) is 30.4 Å². The van der Waals surface area contributed by atoms with Crippen LogP contribution in [0.4, 0.5) is 4.39 Å². The molecule has 0 radical (unpaired) electrons. The number of rotatable bonds is 6. The maximum Gasteiger partial charge on any atom is 0.253 e. The van der Waals surface area contributed by atoms with Gasteiger partial charge in [0.2, 0.25) is 5.88 Å². The van der Waals surface area contributed by atoms with Crippen LogP contribution in [0, 0.1) is 6.92 Å². The molecule has 10 heteroatoms. The number of halogens is 2. The fourth-order valence-corrected chi connectivity index (χ4v) is 5.03. The van der Waals surface area contributed by atoms with Crippen molar-refractivity contribution in [2.45, 2.75) is 57.8 Å². The van der Waals surface area contributed by atoms with E-state index in [0.29, 0.717) is 71.5 Å².